The molecule has 30 heavy (non-hydrogen) atoms. The van der Waals surface area contributed by atoms with Crippen molar-refractivity contribution in [2.75, 3.05) is 43.4 Å². The Hall–Kier alpha value is -3.05. The summed E-state index contributed by atoms with van der Waals surface area (Å²) in [6, 6.07) is 11.3. The van der Waals surface area contributed by atoms with Crippen molar-refractivity contribution in [3.8, 4) is 0 Å². The van der Waals surface area contributed by atoms with E-state index >= 15 is 0 Å². The van der Waals surface area contributed by atoms with Gasteiger partial charge in [0.15, 0.2) is 0 Å². The summed E-state index contributed by atoms with van der Waals surface area (Å²) < 4.78 is 39.5. The molecule has 1 saturated heterocycles. The molecule has 0 saturated carbocycles. The first kappa shape index (κ1) is 21.7. The van der Waals surface area contributed by atoms with Gasteiger partial charge in [-0.1, -0.05) is 6.07 Å². The molecule has 1 amide bonds. The lowest BCUT2D eigenvalue weighted by atomic mass is 10.2. The molecule has 3 rings (SSSR count). The van der Waals surface area contributed by atoms with Crippen molar-refractivity contribution in [2.45, 2.75) is 0 Å². The zero-order chi connectivity index (χ0) is 21.7. The van der Waals surface area contributed by atoms with Crippen molar-refractivity contribution in [3.05, 3.63) is 70.0 Å². The molecule has 2 aromatic rings. The van der Waals surface area contributed by atoms with E-state index in [4.69, 9.17) is 0 Å². The number of carbonyl (C=O) groups excluding carboxylic acids is 1. The number of nitrogens with one attached hydrogen (secondary N) is 1. The average Bonchev–Trinajstić information content (AvgIpc) is 2.74. The Balaban J connectivity index is 1.50. The SMILES string of the molecule is O=C(NCCS(=O)(=O)N1CCN(c2ccc(F)cc2)CC1)c1cccc([N+](=O)[O-])c1. The van der Waals surface area contributed by atoms with Crippen LogP contribution in [0.25, 0.3) is 0 Å². The van der Waals surface area contributed by atoms with E-state index in [2.05, 4.69) is 5.32 Å². The largest absolute Gasteiger partial charge is 0.369 e. The zero-order valence-electron chi connectivity index (χ0n) is 16.0. The maximum Gasteiger partial charge on any atom is 0.270 e. The number of nitrogens with zero attached hydrogens (tertiary/aromatic N) is 3. The number of nitro groups is 1. The molecule has 0 unspecified atom stereocenters. The number of nitro benzene ring substituents is 1. The van der Waals surface area contributed by atoms with E-state index in [9.17, 15) is 27.7 Å². The Morgan fingerprint density at radius 3 is 2.40 bits per heavy atom. The third kappa shape index (κ3) is 5.30. The van der Waals surface area contributed by atoms with Crippen molar-refractivity contribution in [3.63, 3.8) is 0 Å². The fourth-order valence-corrected chi connectivity index (χ4v) is 4.50. The Morgan fingerprint density at radius 2 is 1.77 bits per heavy atom. The molecule has 0 radical (unpaired) electrons. The summed E-state index contributed by atoms with van der Waals surface area (Å²) in [6.07, 6.45) is 0. The molecule has 1 aliphatic heterocycles. The fourth-order valence-electron chi connectivity index (χ4n) is 3.16. The van der Waals surface area contributed by atoms with Crippen molar-refractivity contribution in [1.82, 2.24) is 9.62 Å². The molecule has 1 heterocycles. The highest BCUT2D eigenvalue weighted by Crippen LogP contribution is 2.18. The molecule has 160 valence electrons. The van der Waals surface area contributed by atoms with Gasteiger partial charge < -0.3 is 10.2 Å². The van der Waals surface area contributed by atoms with Gasteiger partial charge in [-0.3, -0.25) is 14.9 Å². The quantitative estimate of drug-likeness (QED) is 0.521. The van der Waals surface area contributed by atoms with Crippen LogP contribution in [0, 0.1) is 15.9 Å². The maximum absolute atomic E-state index is 13.0. The summed E-state index contributed by atoms with van der Waals surface area (Å²) in [6.45, 7) is 1.43. The Bertz CT molecular complexity index is 1020. The zero-order valence-corrected chi connectivity index (χ0v) is 16.8. The van der Waals surface area contributed by atoms with E-state index in [0.29, 0.717) is 26.2 Å². The van der Waals surface area contributed by atoms with Crippen LogP contribution in [-0.4, -0.2) is 62.0 Å². The number of sulfonamides is 1. The molecule has 0 aromatic heterocycles. The second kappa shape index (κ2) is 9.18. The Labute approximate surface area is 173 Å². The van der Waals surface area contributed by atoms with Crippen LogP contribution >= 0.6 is 0 Å². The Morgan fingerprint density at radius 1 is 1.10 bits per heavy atom. The number of piperazine rings is 1. The molecule has 11 heteroatoms. The van der Waals surface area contributed by atoms with Crippen LogP contribution in [-0.2, 0) is 10.0 Å². The van der Waals surface area contributed by atoms with Gasteiger partial charge in [0, 0.05) is 56.1 Å². The van der Waals surface area contributed by atoms with E-state index in [0.717, 1.165) is 11.8 Å². The second-order valence-corrected chi connectivity index (χ2v) is 8.83. The topological polar surface area (TPSA) is 113 Å². The first-order chi connectivity index (χ1) is 14.3. The highest BCUT2D eigenvalue weighted by Gasteiger charge is 2.27. The first-order valence-corrected chi connectivity index (χ1v) is 10.9. The monoisotopic (exact) mass is 436 g/mol. The third-order valence-electron chi connectivity index (χ3n) is 4.79. The average molecular weight is 436 g/mol. The number of non-ortho nitro benzene ring substituents is 1. The highest BCUT2D eigenvalue weighted by atomic mass is 32.2. The molecule has 0 aliphatic carbocycles. The minimum Gasteiger partial charge on any atom is -0.369 e. The minimum absolute atomic E-state index is 0.0921. The van der Waals surface area contributed by atoms with Gasteiger partial charge in [-0.2, -0.15) is 4.31 Å². The summed E-state index contributed by atoms with van der Waals surface area (Å²) in [5.74, 6) is -1.17. The summed E-state index contributed by atoms with van der Waals surface area (Å²) in [7, 11) is -3.57. The van der Waals surface area contributed by atoms with E-state index in [-0.39, 0.29) is 29.4 Å². The highest BCUT2D eigenvalue weighted by molar-refractivity contribution is 7.89. The third-order valence-corrected chi connectivity index (χ3v) is 6.66. The molecule has 0 spiro atoms. The predicted octanol–water partition coefficient (Wildman–Crippen LogP) is 1.62. The molecular weight excluding hydrogens is 415 g/mol. The van der Waals surface area contributed by atoms with Crippen molar-refractivity contribution < 1.29 is 22.5 Å². The number of benzene rings is 2. The smallest absolute Gasteiger partial charge is 0.270 e. The number of halogens is 1. The number of amides is 1. The summed E-state index contributed by atoms with van der Waals surface area (Å²) in [4.78, 5) is 24.3. The molecule has 2 aromatic carbocycles. The van der Waals surface area contributed by atoms with Gasteiger partial charge >= 0.3 is 0 Å². The van der Waals surface area contributed by atoms with E-state index < -0.39 is 20.9 Å². The van der Waals surface area contributed by atoms with Gasteiger partial charge in [-0.05, 0) is 30.3 Å². The lowest BCUT2D eigenvalue weighted by Crippen LogP contribution is -2.50. The Kier molecular flexibility index (Phi) is 6.63. The van der Waals surface area contributed by atoms with Crippen LogP contribution < -0.4 is 10.2 Å². The fraction of sp³-hybridized carbons (Fsp3) is 0.316. The van der Waals surface area contributed by atoms with E-state index in [1.54, 1.807) is 12.1 Å². The lowest BCUT2D eigenvalue weighted by Gasteiger charge is -2.35. The summed E-state index contributed by atoms with van der Waals surface area (Å²) in [5, 5.41) is 13.3. The van der Waals surface area contributed by atoms with E-state index in [1.165, 1.54) is 34.6 Å². The summed E-state index contributed by atoms with van der Waals surface area (Å²) >= 11 is 0. The van der Waals surface area contributed by atoms with Crippen molar-refractivity contribution in [2.24, 2.45) is 0 Å². The van der Waals surface area contributed by atoms with Crippen LogP contribution in [0.15, 0.2) is 48.5 Å². The number of rotatable bonds is 7. The predicted molar refractivity (Wildman–Crippen MR) is 109 cm³/mol. The van der Waals surface area contributed by atoms with Gasteiger partial charge in [-0.25, -0.2) is 12.8 Å². The van der Waals surface area contributed by atoms with Crippen molar-refractivity contribution in [1.29, 1.82) is 0 Å². The molecule has 0 bridgehead atoms. The van der Waals surface area contributed by atoms with Crippen LogP contribution in [0.3, 0.4) is 0 Å². The molecular formula is C19H21FN4O5S. The molecule has 0 atom stereocenters. The van der Waals surface area contributed by atoms with Crippen molar-refractivity contribution >= 4 is 27.3 Å². The minimum atomic E-state index is -3.57. The molecule has 1 fully saturated rings. The van der Waals surface area contributed by atoms with Crippen LogP contribution in [0.1, 0.15) is 10.4 Å². The molecule has 1 aliphatic rings. The van der Waals surface area contributed by atoms with Gasteiger partial charge in [0.2, 0.25) is 10.0 Å². The van der Waals surface area contributed by atoms with Gasteiger partial charge in [0.1, 0.15) is 5.82 Å². The lowest BCUT2D eigenvalue weighted by molar-refractivity contribution is -0.384. The number of carbonyl (C=O) groups is 1. The van der Waals surface area contributed by atoms with Gasteiger partial charge in [0.05, 0.1) is 10.7 Å². The molecule has 9 nitrogen and oxygen atoms in total. The van der Waals surface area contributed by atoms with Crippen LogP contribution in [0.4, 0.5) is 15.8 Å². The second-order valence-electron chi connectivity index (χ2n) is 6.74. The normalized spacial score (nSPS) is 15.0. The standard InChI is InChI=1S/C19H21FN4O5S/c20-16-4-6-17(7-5-16)22-9-11-23(12-10-22)30(28,29)13-8-21-19(25)15-2-1-3-18(14-15)24(26)27/h1-7,14H,8-13H2,(H,21,25). The summed E-state index contributed by atoms with van der Waals surface area (Å²) in [5.41, 5.74) is 0.710. The maximum atomic E-state index is 13.0. The van der Waals surface area contributed by atoms with Gasteiger partial charge in [0.25, 0.3) is 11.6 Å². The number of anilines is 1. The van der Waals surface area contributed by atoms with Crippen LogP contribution in [0.5, 0.6) is 0 Å². The van der Waals surface area contributed by atoms with E-state index in [1.807, 2.05) is 4.90 Å². The van der Waals surface area contributed by atoms with Gasteiger partial charge in [-0.15, -0.1) is 0 Å². The number of hydrogen-bond donors (Lipinski definition) is 1. The molecule has 1 N–H and O–H groups in total. The first-order valence-electron chi connectivity index (χ1n) is 9.27. The van der Waals surface area contributed by atoms with Crippen LogP contribution in [0.2, 0.25) is 0 Å². The number of hydrogen-bond acceptors (Lipinski definition) is 6.